The van der Waals surface area contributed by atoms with Gasteiger partial charge >= 0.3 is 0 Å². The number of carbonyl (C=O) groups is 1. The summed E-state index contributed by atoms with van der Waals surface area (Å²) in [5, 5.41) is 0.932. The van der Waals surface area contributed by atoms with Crippen LogP contribution < -0.4 is 5.73 Å². The standard InChI is InChI=1S/C16H19BrN2O2/c1-10-4-2-6-12(9-18)19(10)16(20)14-8-11-5-3-7-13(17)15(11)21-14/h3,5,7-8,10,12H,2,4,6,9,18H2,1H3. The van der Waals surface area contributed by atoms with E-state index < -0.39 is 0 Å². The Hall–Kier alpha value is -1.33. The highest BCUT2D eigenvalue weighted by atomic mass is 79.9. The van der Waals surface area contributed by atoms with Crippen LogP contribution in [-0.2, 0) is 0 Å². The summed E-state index contributed by atoms with van der Waals surface area (Å²) in [6.07, 6.45) is 3.11. The second-order valence-electron chi connectivity index (χ2n) is 5.65. The number of para-hydroxylation sites is 1. The minimum Gasteiger partial charge on any atom is -0.450 e. The third-order valence-electron chi connectivity index (χ3n) is 4.24. The number of fused-ring (bicyclic) bond motifs is 1. The van der Waals surface area contributed by atoms with E-state index in [0.717, 1.165) is 34.7 Å². The molecule has 4 nitrogen and oxygen atoms in total. The van der Waals surface area contributed by atoms with E-state index in [2.05, 4.69) is 22.9 Å². The number of hydrogen-bond acceptors (Lipinski definition) is 3. The molecule has 1 fully saturated rings. The number of hydrogen-bond donors (Lipinski definition) is 1. The van der Waals surface area contributed by atoms with Crippen LogP contribution in [0, 0.1) is 0 Å². The quantitative estimate of drug-likeness (QED) is 0.900. The van der Waals surface area contributed by atoms with Gasteiger partial charge in [0.25, 0.3) is 5.91 Å². The summed E-state index contributed by atoms with van der Waals surface area (Å²) in [5.41, 5.74) is 6.56. The Morgan fingerprint density at radius 3 is 3.00 bits per heavy atom. The predicted octanol–water partition coefficient (Wildman–Crippen LogP) is 3.54. The van der Waals surface area contributed by atoms with Crippen LogP contribution in [0.15, 0.2) is 33.2 Å². The molecule has 1 amide bonds. The van der Waals surface area contributed by atoms with E-state index in [1.54, 1.807) is 0 Å². The number of nitrogens with zero attached hydrogens (tertiary/aromatic N) is 1. The summed E-state index contributed by atoms with van der Waals surface area (Å²) < 4.78 is 6.64. The molecule has 0 aliphatic carbocycles. The van der Waals surface area contributed by atoms with Crippen molar-refractivity contribution >= 4 is 32.8 Å². The summed E-state index contributed by atoms with van der Waals surface area (Å²) in [6, 6.07) is 7.92. The zero-order valence-electron chi connectivity index (χ0n) is 12.0. The summed E-state index contributed by atoms with van der Waals surface area (Å²) >= 11 is 3.45. The van der Waals surface area contributed by atoms with Gasteiger partial charge in [-0.25, -0.2) is 0 Å². The smallest absolute Gasteiger partial charge is 0.290 e. The maximum Gasteiger partial charge on any atom is 0.290 e. The first kappa shape index (κ1) is 14.6. The van der Waals surface area contributed by atoms with E-state index in [0.29, 0.717) is 12.3 Å². The molecule has 112 valence electrons. The Balaban J connectivity index is 1.97. The number of furan rings is 1. The molecule has 21 heavy (non-hydrogen) atoms. The lowest BCUT2D eigenvalue weighted by Gasteiger charge is -2.39. The molecule has 1 aliphatic heterocycles. The van der Waals surface area contributed by atoms with Crippen LogP contribution in [0.1, 0.15) is 36.7 Å². The van der Waals surface area contributed by atoms with Crippen LogP contribution in [0.4, 0.5) is 0 Å². The van der Waals surface area contributed by atoms with Crippen LogP contribution >= 0.6 is 15.9 Å². The van der Waals surface area contributed by atoms with E-state index in [-0.39, 0.29) is 18.0 Å². The first-order chi connectivity index (χ1) is 10.1. The van der Waals surface area contributed by atoms with E-state index in [4.69, 9.17) is 10.2 Å². The first-order valence-electron chi connectivity index (χ1n) is 7.32. The lowest BCUT2D eigenvalue weighted by atomic mass is 9.96. The van der Waals surface area contributed by atoms with Gasteiger partial charge in [-0.05, 0) is 54.2 Å². The Kier molecular flexibility index (Phi) is 4.04. The highest BCUT2D eigenvalue weighted by Gasteiger charge is 2.33. The largest absolute Gasteiger partial charge is 0.450 e. The molecule has 0 radical (unpaired) electrons. The zero-order chi connectivity index (χ0) is 15.0. The van der Waals surface area contributed by atoms with E-state index >= 15 is 0 Å². The van der Waals surface area contributed by atoms with Crippen molar-refractivity contribution in [1.29, 1.82) is 0 Å². The number of nitrogens with two attached hydrogens (primary N) is 1. The number of likely N-dealkylation sites (tertiary alicyclic amines) is 1. The second-order valence-corrected chi connectivity index (χ2v) is 6.51. The monoisotopic (exact) mass is 350 g/mol. The minimum absolute atomic E-state index is 0.0549. The van der Waals surface area contributed by atoms with Crippen molar-refractivity contribution in [2.75, 3.05) is 6.54 Å². The third-order valence-corrected chi connectivity index (χ3v) is 4.87. The molecular formula is C16H19BrN2O2. The lowest BCUT2D eigenvalue weighted by Crippen LogP contribution is -2.51. The molecular weight excluding hydrogens is 332 g/mol. The van der Waals surface area contributed by atoms with E-state index in [9.17, 15) is 4.79 Å². The summed E-state index contributed by atoms with van der Waals surface area (Å²) in [5.74, 6) is 0.338. The number of piperidine rings is 1. The van der Waals surface area contributed by atoms with Crippen LogP contribution in [-0.4, -0.2) is 29.4 Å². The fourth-order valence-corrected chi connectivity index (χ4v) is 3.61. The van der Waals surface area contributed by atoms with Crippen molar-refractivity contribution in [1.82, 2.24) is 4.90 Å². The van der Waals surface area contributed by atoms with Gasteiger partial charge in [-0.3, -0.25) is 4.79 Å². The van der Waals surface area contributed by atoms with E-state index in [1.165, 1.54) is 0 Å². The molecule has 0 spiro atoms. The number of halogens is 1. The molecule has 0 saturated carbocycles. The Morgan fingerprint density at radius 1 is 1.48 bits per heavy atom. The van der Waals surface area contributed by atoms with Crippen LogP contribution in [0.5, 0.6) is 0 Å². The van der Waals surface area contributed by atoms with Crippen molar-refractivity contribution in [2.24, 2.45) is 5.73 Å². The van der Waals surface area contributed by atoms with Crippen molar-refractivity contribution in [3.63, 3.8) is 0 Å². The number of carbonyl (C=O) groups excluding carboxylic acids is 1. The predicted molar refractivity (Wildman–Crippen MR) is 86.2 cm³/mol. The average Bonchev–Trinajstić information content (AvgIpc) is 2.92. The maximum absolute atomic E-state index is 12.8. The summed E-state index contributed by atoms with van der Waals surface area (Å²) in [4.78, 5) is 14.7. The van der Waals surface area contributed by atoms with Gasteiger partial charge < -0.3 is 15.1 Å². The zero-order valence-corrected chi connectivity index (χ0v) is 13.6. The number of amides is 1. The average molecular weight is 351 g/mol. The highest BCUT2D eigenvalue weighted by Crippen LogP contribution is 2.30. The molecule has 1 saturated heterocycles. The fourth-order valence-electron chi connectivity index (χ4n) is 3.14. The normalized spacial score (nSPS) is 22.7. The topological polar surface area (TPSA) is 59.5 Å². The third kappa shape index (κ3) is 2.60. The Bertz CT molecular complexity index is 667. The molecule has 2 aromatic rings. The van der Waals surface area contributed by atoms with Crippen molar-refractivity contribution in [3.05, 3.63) is 34.5 Å². The fraction of sp³-hybridized carbons (Fsp3) is 0.438. The Labute approximate surface area is 132 Å². The van der Waals surface area contributed by atoms with Crippen molar-refractivity contribution in [2.45, 2.75) is 38.3 Å². The SMILES string of the molecule is CC1CCCC(CN)N1C(=O)c1cc2cccc(Br)c2o1. The molecule has 2 atom stereocenters. The molecule has 1 aromatic heterocycles. The van der Waals surface area contributed by atoms with Gasteiger partial charge in [0.05, 0.1) is 4.47 Å². The Morgan fingerprint density at radius 2 is 2.29 bits per heavy atom. The van der Waals surface area contributed by atoms with Gasteiger partial charge in [-0.1, -0.05) is 12.1 Å². The van der Waals surface area contributed by atoms with Crippen LogP contribution in [0.2, 0.25) is 0 Å². The van der Waals surface area contributed by atoms with Gasteiger partial charge in [0.1, 0.15) is 5.58 Å². The first-order valence-corrected chi connectivity index (χ1v) is 8.12. The molecule has 2 N–H and O–H groups in total. The number of benzene rings is 1. The second kappa shape index (κ2) is 5.81. The van der Waals surface area contributed by atoms with Crippen LogP contribution in [0.3, 0.4) is 0 Å². The van der Waals surface area contributed by atoms with Gasteiger partial charge in [0.15, 0.2) is 5.76 Å². The van der Waals surface area contributed by atoms with Crippen molar-refractivity contribution in [3.8, 4) is 0 Å². The van der Waals surface area contributed by atoms with Gasteiger partial charge in [-0.15, -0.1) is 0 Å². The molecule has 1 aromatic carbocycles. The number of rotatable bonds is 2. The molecule has 2 heterocycles. The lowest BCUT2D eigenvalue weighted by molar-refractivity contribution is 0.0464. The molecule has 5 heteroatoms. The summed E-state index contributed by atoms with van der Waals surface area (Å²) in [7, 11) is 0. The molecule has 3 rings (SSSR count). The summed E-state index contributed by atoms with van der Waals surface area (Å²) in [6.45, 7) is 2.58. The van der Waals surface area contributed by atoms with E-state index in [1.807, 2.05) is 29.2 Å². The van der Waals surface area contributed by atoms with Crippen LogP contribution in [0.25, 0.3) is 11.0 Å². The van der Waals surface area contributed by atoms with Crippen molar-refractivity contribution < 1.29 is 9.21 Å². The van der Waals surface area contributed by atoms with Gasteiger partial charge in [0.2, 0.25) is 0 Å². The maximum atomic E-state index is 12.8. The van der Waals surface area contributed by atoms with Gasteiger partial charge in [-0.2, -0.15) is 0 Å². The highest BCUT2D eigenvalue weighted by molar-refractivity contribution is 9.10. The van der Waals surface area contributed by atoms with Gasteiger partial charge in [0, 0.05) is 24.0 Å². The molecule has 0 bridgehead atoms. The molecule has 1 aliphatic rings. The molecule has 2 unspecified atom stereocenters. The minimum atomic E-state index is -0.0549.